The zero-order chi connectivity index (χ0) is 15.5. The SMILES string of the molecule is CC(C)(C)C(CCCl)NC(=O)c1ccc2ncccc2c1. The molecular weight excluding hydrogens is 284 g/mol. The maximum Gasteiger partial charge on any atom is 0.251 e. The number of halogens is 1. The third-order valence-electron chi connectivity index (χ3n) is 3.61. The van der Waals surface area contributed by atoms with Crippen molar-refractivity contribution in [2.24, 2.45) is 5.41 Å². The van der Waals surface area contributed by atoms with Crippen molar-refractivity contribution in [2.45, 2.75) is 33.2 Å². The molecule has 1 aromatic carbocycles. The van der Waals surface area contributed by atoms with Crippen LogP contribution in [0.4, 0.5) is 0 Å². The molecule has 0 aliphatic rings. The van der Waals surface area contributed by atoms with Gasteiger partial charge in [-0.05, 0) is 36.1 Å². The Morgan fingerprint density at radius 3 is 2.76 bits per heavy atom. The fourth-order valence-electron chi connectivity index (χ4n) is 2.29. The van der Waals surface area contributed by atoms with E-state index in [1.54, 1.807) is 6.20 Å². The Hall–Kier alpha value is -1.61. The Bertz CT molecular complexity index is 634. The zero-order valence-electron chi connectivity index (χ0n) is 12.7. The second-order valence-electron chi connectivity index (χ2n) is 6.28. The molecule has 2 aromatic rings. The summed E-state index contributed by atoms with van der Waals surface area (Å²) in [4.78, 5) is 16.7. The van der Waals surface area contributed by atoms with E-state index >= 15 is 0 Å². The highest BCUT2D eigenvalue weighted by atomic mass is 35.5. The van der Waals surface area contributed by atoms with Crippen molar-refractivity contribution < 1.29 is 4.79 Å². The van der Waals surface area contributed by atoms with E-state index in [4.69, 9.17) is 11.6 Å². The molecule has 21 heavy (non-hydrogen) atoms. The summed E-state index contributed by atoms with van der Waals surface area (Å²) in [5.74, 6) is 0.468. The molecule has 3 nitrogen and oxygen atoms in total. The molecule has 0 radical (unpaired) electrons. The van der Waals surface area contributed by atoms with Crippen LogP contribution in [0.5, 0.6) is 0 Å². The summed E-state index contributed by atoms with van der Waals surface area (Å²) in [5, 5.41) is 4.06. The smallest absolute Gasteiger partial charge is 0.251 e. The summed E-state index contributed by atoms with van der Waals surface area (Å²) < 4.78 is 0. The maximum atomic E-state index is 12.4. The summed E-state index contributed by atoms with van der Waals surface area (Å²) in [6.45, 7) is 6.32. The number of carbonyl (C=O) groups excluding carboxylic acids is 1. The highest BCUT2D eigenvalue weighted by Crippen LogP contribution is 2.23. The Kier molecular flexibility index (Phi) is 4.84. The number of nitrogens with zero attached hydrogens (tertiary/aromatic N) is 1. The largest absolute Gasteiger partial charge is 0.349 e. The van der Waals surface area contributed by atoms with E-state index in [2.05, 4.69) is 31.1 Å². The van der Waals surface area contributed by atoms with Crippen molar-refractivity contribution in [1.29, 1.82) is 0 Å². The van der Waals surface area contributed by atoms with Gasteiger partial charge in [-0.25, -0.2) is 0 Å². The molecule has 1 unspecified atom stereocenters. The van der Waals surface area contributed by atoms with Crippen molar-refractivity contribution in [3.8, 4) is 0 Å². The van der Waals surface area contributed by atoms with E-state index in [0.717, 1.165) is 17.3 Å². The van der Waals surface area contributed by atoms with Crippen molar-refractivity contribution >= 4 is 28.4 Å². The van der Waals surface area contributed by atoms with Gasteiger partial charge in [-0.3, -0.25) is 9.78 Å². The van der Waals surface area contributed by atoms with E-state index in [0.29, 0.717) is 11.4 Å². The number of hydrogen-bond donors (Lipinski definition) is 1. The van der Waals surface area contributed by atoms with Gasteiger partial charge in [0.1, 0.15) is 0 Å². The van der Waals surface area contributed by atoms with Gasteiger partial charge < -0.3 is 5.32 Å². The minimum atomic E-state index is -0.0641. The van der Waals surface area contributed by atoms with Gasteiger partial charge in [-0.1, -0.05) is 26.8 Å². The molecule has 0 bridgehead atoms. The lowest BCUT2D eigenvalue weighted by molar-refractivity contribution is 0.0900. The standard InChI is InChI=1S/C17H21ClN2O/c1-17(2,3)15(8-9-18)20-16(21)13-6-7-14-12(11-13)5-4-10-19-14/h4-7,10-11,15H,8-9H2,1-3H3,(H,20,21). The summed E-state index contributed by atoms with van der Waals surface area (Å²) in [7, 11) is 0. The second kappa shape index (κ2) is 6.44. The lowest BCUT2D eigenvalue weighted by Gasteiger charge is -2.31. The van der Waals surface area contributed by atoms with E-state index in [9.17, 15) is 4.79 Å². The van der Waals surface area contributed by atoms with E-state index < -0.39 is 0 Å². The minimum Gasteiger partial charge on any atom is -0.349 e. The van der Waals surface area contributed by atoms with Gasteiger partial charge in [0.25, 0.3) is 5.91 Å². The van der Waals surface area contributed by atoms with E-state index in [1.165, 1.54) is 0 Å². The third kappa shape index (κ3) is 3.94. The molecule has 1 atom stereocenters. The van der Waals surface area contributed by atoms with Crippen LogP contribution < -0.4 is 5.32 Å². The van der Waals surface area contributed by atoms with Crippen LogP contribution in [0, 0.1) is 5.41 Å². The minimum absolute atomic E-state index is 0.0248. The highest BCUT2D eigenvalue weighted by molar-refractivity contribution is 6.17. The molecule has 0 saturated heterocycles. The number of nitrogens with one attached hydrogen (secondary N) is 1. The van der Waals surface area contributed by atoms with Crippen molar-refractivity contribution in [1.82, 2.24) is 10.3 Å². The van der Waals surface area contributed by atoms with E-state index in [-0.39, 0.29) is 17.4 Å². The lowest BCUT2D eigenvalue weighted by atomic mass is 9.85. The normalized spacial score (nSPS) is 13.1. The second-order valence-corrected chi connectivity index (χ2v) is 6.66. The molecule has 0 spiro atoms. The Morgan fingerprint density at radius 2 is 2.10 bits per heavy atom. The predicted octanol–water partition coefficient (Wildman–Crippen LogP) is 4.01. The molecule has 2 rings (SSSR count). The van der Waals surface area contributed by atoms with Gasteiger partial charge in [0.15, 0.2) is 0 Å². The molecule has 0 fully saturated rings. The molecule has 0 aliphatic heterocycles. The number of pyridine rings is 1. The number of alkyl halides is 1. The lowest BCUT2D eigenvalue weighted by Crippen LogP contribution is -2.44. The van der Waals surface area contributed by atoms with E-state index in [1.807, 2.05) is 30.3 Å². The topological polar surface area (TPSA) is 42.0 Å². The van der Waals surface area contributed by atoms with Crippen LogP contribution in [-0.4, -0.2) is 22.8 Å². The number of fused-ring (bicyclic) bond motifs is 1. The number of amides is 1. The molecular formula is C17H21ClN2O. The summed E-state index contributed by atoms with van der Waals surface area (Å²) in [6.07, 6.45) is 2.50. The van der Waals surface area contributed by atoms with Gasteiger partial charge in [0.2, 0.25) is 0 Å². The van der Waals surface area contributed by atoms with Crippen LogP contribution in [-0.2, 0) is 0 Å². The molecule has 1 N–H and O–H groups in total. The molecule has 0 saturated carbocycles. The van der Waals surface area contributed by atoms with Crippen LogP contribution in [0.15, 0.2) is 36.5 Å². The molecule has 1 amide bonds. The van der Waals surface area contributed by atoms with Gasteiger partial charge in [-0.15, -0.1) is 11.6 Å². The number of rotatable bonds is 4. The fraction of sp³-hybridized carbons (Fsp3) is 0.412. The summed E-state index contributed by atoms with van der Waals surface area (Å²) in [6, 6.07) is 9.43. The Labute approximate surface area is 130 Å². The highest BCUT2D eigenvalue weighted by Gasteiger charge is 2.26. The Morgan fingerprint density at radius 1 is 1.33 bits per heavy atom. The molecule has 4 heteroatoms. The van der Waals surface area contributed by atoms with Gasteiger partial charge in [0.05, 0.1) is 5.52 Å². The quantitative estimate of drug-likeness (QED) is 0.867. The first kappa shape index (κ1) is 15.8. The number of aromatic nitrogens is 1. The van der Waals surface area contributed by atoms with Crippen molar-refractivity contribution in [2.75, 3.05) is 5.88 Å². The zero-order valence-corrected chi connectivity index (χ0v) is 13.4. The third-order valence-corrected chi connectivity index (χ3v) is 3.83. The van der Waals surface area contributed by atoms with Crippen LogP contribution in [0.2, 0.25) is 0 Å². The summed E-state index contributed by atoms with van der Waals surface area (Å²) >= 11 is 5.85. The number of benzene rings is 1. The van der Waals surface area contributed by atoms with Crippen molar-refractivity contribution in [3.63, 3.8) is 0 Å². The Balaban J connectivity index is 2.21. The average molecular weight is 305 g/mol. The predicted molar refractivity (Wildman–Crippen MR) is 87.8 cm³/mol. The van der Waals surface area contributed by atoms with Crippen LogP contribution in [0.1, 0.15) is 37.6 Å². The molecule has 112 valence electrons. The van der Waals surface area contributed by atoms with Gasteiger partial charge in [-0.2, -0.15) is 0 Å². The van der Waals surface area contributed by atoms with Crippen molar-refractivity contribution in [3.05, 3.63) is 42.1 Å². The number of hydrogen-bond acceptors (Lipinski definition) is 2. The van der Waals surface area contributed by atoms with Gasteiger partial charge >= 0.3 is 0 Å². The fourth-order valence-corrected chi connectivity index (χ4v) is 2.51. The molecule has 1 aromatic heterocycles. The van der Waals surface area contributed by atoms with Gasteiger partial charge in [0, 0.05) is 29.1 Å². The average Bonchev–Trinajstić information content (AvgIpc) is 2.45. The van der Waals surface area contributed by atoms with Crippen LogP contribution >= 0.6 is 11.6 Å². The molecule has 0 aliphatic carbocycles. The molecule has 1 heterocycles. The number of carbonyl (C=O) groups is 1. The monoisotopic (exact) mass is 304 g/mol. The maximum absolute atomic E-state index is 12.4. The summed E-state index contributed by atoms with van der Waals surface area (Å²) in [5.41, 5.74) is 1.52. The first-order valence-corrected chi connectivity index (χ1v) is 7.67. The first-order chi connectivity index (χ1) is 9.91. The van der Waals surface area contributed by atoms with Crippen LogP contribution in [0.3, 0.4) is 0 Å². The van der Waals surface area contributed by atoms with Crippen LogP contribution in [0.25, 0.3) is 10.9 Å². The first-order valence-electron chi connectivity index (χ1n) is 7.13.